The van der Waals surface area contributed by atoms with Gasteiger partial charge in [-0.1, -0.05) is 24.1 Å². The first-order valence-corrected chi connectivity index (χ1v) is 5.22. The molecule has 0 saturated carbocycles. The van der Waals surface area contributed by atoms with Gasteiger partial charge >= 0.3 is 0 Å². The Morgan fingerprint density at radius 2 is 2.33 bits per heavy atom. The summed E-state index contributed by atoms with van der Waals surface area (Å²) in [5, 5.41) is 7.05. The van der Waals surface area contributed by atoms with Crippen molar-refractivity contribution in [2.24, 2.45) is 5.73 Å². The lowest BCUT2D eigenvalue weighted by molar-refractivity contribution is 0.898. The van der Waals surface area contributed by atoms with Crippen molar-refractivity contribution < 1.29 is 0 Å². The van der Waals surface area contributed by atoms with Crippen molar-refractivity contribution in [3.8, 4) is 0 Å². The van der Waals surface area contributed by atoms with E-state index < -0.39 is 0 Å². The highest BCUT2D eigenvalue weighted by Crippen LogP contribution is 2.20. The molecule has 0 radical (unpaired) electrons. The van der Waals surface area contributed by atoms with Crippen LogP contribution in [0.25, 0.3) is 0 Å². The highest BCUT2D eigenvalue weighted by molar-refractivity contribution is 8.82. The van der Waals surface area contributed by atoms with E-state index in [0.717, 1.165) is 5.75 Å². The maximum absolute atomic E-state index is 6.85. The normalized spacial score (nSPS) is 9.44. The van der Waals surface area contributed by atoms with E-state index in [2.05, 4.69) is 6.92 Å². The molecule has 0 unspecified atom stereocenters. The molecular formula is C5H12N2S2. The third-order valence-electron chi connectivity index (χ3n) is 0.730. The highest BCUT2D eigenvalue weighted by atomic mass is 33.1. The van der Waals surface area contributed by atoms with Crippen LogP contribution in [0.4, 0.5) is 0 Å². The number of nitrogens with one attached hydrogen (secondary N) is 1. The lowest BCUT2D eigenvalue weighted by Gasteiger charge is -1.94. The van der Waals surface area contributed by atoms with Crippen LogP contribution in [0.15, 0.2) is 0 Å². The molecule has 54 valence electrons. The zero-order chi connectivity index (χ0) is 7.11. The van der Waals surface area contributed by atoms with E-state index in [-0.39, 0.29) is 5.17 Å². The van der Waals surface area contributed by atoms with Crippen LogP contribution in [0.2, 0.25) is 0 Å². The summed E-state index contributed by atoms with van der Waals surface area (Å²) < 4.78 is 0. The van der Waals surface area contributed by atoms with Crippen LogP contribution in [0, 0.1) is 5.41 Å². The van der Waals surface area contributed by atoms with Crippen LogP contribution in [0.5, 0.6) is 0 Å². The molecule has 4 heteroatoms. The molecule has 3 N–H and O–H groups in total. The van der Waals surface area contributed by atoms with Crippen LogP contribution < -0.4 is 5.73 Å². The molecule has 0 aliphatic carbocycles. The molecule has 0 aliphatic rings. The summed E-state index contributed by atoms with van der Waals surface area (Å²) in [5.74, 6) is 1.10. The molecule has 0 aromatic rings. The molecule has 0 aromatic heterocycles. The molecule has 0 aliphatic heterocycles. The first-order chi connectivity index (χ1) is 4.27. The summed E-state index contributed by atoms with van der Waals surface area (Å²) in [7, 11) is 3.00. The highest BCUT2D eigenvalue weighted by Gasteiger charge is 1.89. The van der Waals surface area contributed by atoms with E-state index in [0.29, 0.717) is 0 Å². The van der Waals surface area contributed by atoms with E-state index in [4.69, 9.17) is 11.1 Å². The van der Waals surface area contributed by atoms with Crippen molar-refractivity contribution in [2.45, 2.75) is 19.8 Å². The molecule has 0 heterocycles. The van der Waals surface area contributed by atoms with Gasteiger partial charge in [-0.15, -0.1) is 0 Å². The first-order valence-electron chi connectivity index (χ1n) is 2.91. The van der Waals surface area contributed by atoms with E-state index >= 15 is 0 Å². The third-order valence-corrected chi connectivity index (χ3v) is 2.87. The Bertz CT molecular complexity index is 85.0. The molecule has 0 bridgehead atoms. The molecule has 0 fully saturated rings. The third kappa shape index (κ3) is 8.17. The predicted octanol–water partition coefficient (Wildman–Crippen LogP) is 2.06. The second-order valence-corrected chi connectivity index (χ2v) is 4.08. The predicted molar refractivity (Wildman–Crippen MR) is 46.9 cm³/mol. The van der Waals surface area contributed by atoms with Gasteiger partial charge in [-0.25, -0.2) is 0 Å². The molecule has 0 rings (SSSR count). The number of amidine groups is 1. The van der Waals surface area contributed by atoms with E-state index in [1.165, 1.54) is 23.6 Å². The van der Waals surface area contributed by atoms with Gasteiger partial charge in [-0.2, -0.15) is 0 Å². The maximum atomic E-state index is 6.85. The second-order valence-electron chi connectivity index (χ2n) is 1.62. The number of hydrogen-bond donors (Lipinski definition) is 2. The number of unbranched alkanes of at least 4 members (excludes halogenated alkanes) is 1. The second kappa shape index (κ2) is 6.29. The van der Waals surface area contributed by atoms with Gasteiger partial charge in [0.1, 0.15) is 0 Å². The Morgan fingerprint density at radius 1 is 1.67 bits per heavy atom. The topological polar surface area (TPSA) is 49.9 Å². The minimum Gasteiger partial charge on any atom is -0.378 e. The number of hydrogen-bond acceptors (Lipinski definition) is 3. The molecule has 0 amide bonds. The lowest BCUT2D eigenvalue weighted by atomic mass is 10.4. The SMILES string of the molecule is CCCCSSC(=N)N. The molecule has 9 heavy (non-hydrogen) atoms. The Balaban J connectivity index is 2.83. The quantitative estimate of drug-likeness (QED) is 0.289. The van der Waals surface area contributed by atoms with E-state index in [9.17, 15) is 0 Å². The van der Waals surface area contributed by atoms with E-state index in [1.54, 1.807) is 10.8 Å². The zero-order valence-corrected chi connectivity index (χ0v) is 7.15. The summed E-state index contributed by atoms with van der Waals surface area (Å²) in [6, 6.07) is 0. The van der Waals surface area contributed by atoms with Gasteiger partial charge in [0.15, 0.2) is 5.17 Å². The number of nitrogens with two attached hydrogens (primary N) is 1. The standard InChI is InChI=1S/C5H12N2S2/c1-2-3-4-8-9-5(6)7/h2-4H2,1H3,(H3,6,7). The Morgan fingerprint density at radius 3 is 2.78 bits per heavy atom. The smallest absolute Gasteiger partial charge is 0.161 e. The van der Waals surface area contributed by atoms with Crippen LogP contribution in [0.1, 0.15) is 19.8 Å². The Hall–Kier alpha value is 0.170. The summed E-state index contributed by atoms with van der Waals surface area (Å²) in [6.07, 6.45) is 2.43. The molecule has 2 nitrogen and oxygen atoms in total. The van der Waals surface area contributed by atoms with Crippen LogP contribution in [0.3, 0.4) is 0 Å². The molecule has 0 spiro atoms. The van der Waals surface area contributed by atoms with Crippen molar-refractivity contribution in [2.75, 3.05) is 5.75 Å². The van der Waals surface area contributed by atoms with Gasteiger partial charge in [-0.05, 0) is 17.2 Å². The van der Waals surface area contributed by atoms with Gasteiger partial charge in [0.2, 0.25) is 0 Å². The zero-order valence-electron chi connectivity index (χ0n) is 5.52. The molecule has 0 saturated heterocycles. The van der Waals surface area contributed by atoms with Gasteiger partial charge in [0.25, 0.3) is 0 Å². The lowest BCUT2D eigenvalue weighted by Crippen LogP contribution is -2.01. The fourth-order valence-corrected chi connectivity index (χ4v) is 1.91. The van der Waals surface area contributed by atoms with Crippen molar-refractivity contribution in [3.05, 3.63) is 0 Å². The Labute approximate surface area is 63.9 Å². The number of rotatable bonds is 4. The van der Waals surface area contributed by atoms with Crippen molar-refractivity contribution in [1.82, 2.24) is 0 Å². The van der Waals surface area contributed by atoms with Gasteiger partial charge < -0.3 is 5.73 Å². The first kappa shape index (κ1) is 9.17. The van der Waals surface area contributed by atoms with Crippen molar-refractivity contribution in [3.63, 3.8) is 0 Å². The average Bonchev–Trinajstić information content (AvgIpc) is 1.80. The van der Waals surface area contributed by atoms with Crippen LogP contribution >= 0.6 is 21.6 Å². The van der Waals surface area contributed by atoms with Gasteiger partial charge in [0.05, 0.1) is 0 Å². The minimum atomic E-state index is 0.205. The fraction of sp³-hybridized carbons (Fsp3) is 0.800. The summed E-state index contributed by atoms with van der Waals surface area (Å²) in [4.78, 5) is 0. The van der Waals surface area contributed by atoms with Crippen molar-refractivity contribution in [1.29, 1.82) is 5.41 Å². The minimum absolute atomic E-state index is 0.205. The average molecular weight is 164 g/mol. The summed E-state index contributed by atoms with van der Waals surface area (Å²) in [5.41, 5.74) is 5.10. The maximum Gasteiger partial charge on any atom is 0.161 e. The van der Waals surface area contributed by atoms with Crippen LogP contribution in [-0.4, -0.2) is 10.9 Å². The Kier molecular flexibility index (Phi) is 6.41. The van der Waals surface area contributed by atoms with Gasteiger partial charge in [-0.3, -0.25) is 5.41 Å². The van der Waals surface area contributed by atoms with E-state index in [1.807, 2.05) is 0 Å². The van der Waals surface area contributed by atoms with Gasteiger partial charge in [0, 0.05) is 5.75 Å². The largest absolute Gasteiger partial charge is 0.378 e. The molecule has 0 aromatic carbocycles. The monoisotopic (exact) mass is 164 g/mol. The fourth-order valence-electron chi connectivity index (χ4n) is 0.308. The van der Waals surface area contributed by atoms with Crippen molar-refractivity contribution >= 4 is 26.8 Å². The molecule has 0 atom stereocenters. The summed E-state index contributed by atoms with van der Waals surface area (Å²) >= 11 is 0. The van der Waals surface area contributed by atoms with Crippen LogP contribution in [-0.2, 0) is 0 Å². The molecular weight excluding hydrogens is 152 g/mol. The summed E-state index contributed by atoms with van der Waals surface area (Å²) in [6.45, 7) is 2.15.